The van der Waals surface area contributed by atoms with Crippen molar-refractivity contribution in [1.29, 1.82) is 0 Å². The number of hydrazine groups is 2. The lowest BCUT2D eigenvalue weighted by Crippen LogP contribution is -2.76. The van der Waals surface area contributed by atoms with E-state index >= 15 is 0 Å². The molecule has 2 aliphatic heterocycles. The first kappa shape index (κ1) is 16.6. The van der Waals surface area contributed by atoms with Crippen molar-refractivity contribution < 1.29 is 19.7 Å². The van der Waals surface area contributed by atoms with E-state index in [2.05, 4.69) is 32.3 Å². The van der Waals surface area contributed by atoms with Gasteiger partial charge in [-0.05, 0) is 0 Å². The van der Waals surface area contributed by atoms with Crippen LogP contribution in [0.5, 0.6) is 0 Å². The highest BCUT2D eigenvalue weighted by Crippen LogP contribution is 2.10. The zero-order chi connectivity index (χ0) is 18.0. The van der Waals surface area contributed by atoms with Crippen molar-refractivity contribution in [3.05, 3.63) is 63.7 Å². The monoisotopic (exact) mass is 348 g/mol. The average molecular weight is 348 g/mol. The molecule has 130 valence electrons. The zero-order valence-electron chi connectivity index (χ0n) is 11.2. The van der Waals surface area contributed by atoms with E-state index in [1.165, 1.54) is 0 Å². The van der Waals surface area contributed by atoms with Crippen molar-refractivity contribution in [2.24, 2.45) is 0 Å². The van der Waals surface area contributed by atoms with Crippen molar-refractivity contribution >= 4 is 0 Å². The minimum absolute atomic E-state index is 0.585. The van der Waals surface area contributed by atoms with E-state index in [0.717, 1.165) is 0 Å². The maximum absolute atomic E-state index is 10.7. The molecule has 2 atom stereocenters. The second kappa shape index (κ2) is 6.13. The summed E-state index contributed by atoms with van der Waals surface area (Å²) in [5.74, 6) is -3.92. The first-order valence-corrected chi connectivity index (χ1v) is 5.84. The van der Waals surface area contributed by atoms with Gasteiger partial charge in [0.2, 0.25) is 0 Å². The molecule has 0 aromatic carbocycles. The summed E-state index contributed by atoms with van der Waals surface area (Å²) in [4.78, 5) is 37.8. The molecule has 0 bridgehead atoms. The Balaban J connectivity index is 2.23. The standard InChI is InChI=1S/C6H8N10O8/c17-13(18)5(14(19)20)3-7-1-2(10-12-3)8-4(11-9-1)6(15(21)22)16(23)24/h1-2,7-12H. The number of nitro groups is 4. The molecular formula is C6H8N10O8. The predicted molar refractivity (Wildman–Crippen MR) is 68.4 cm³/mol. The van der Waals surface area contributed by atoms with E-state index in [1.54, 1.807) is 0 Å². The molecule has 0 amide bonds. The van der Waals surface area contributed by atoms with Crippen molar-refractivity contribution in [1.82, 2.24) is 32.3 Å². The molecule has 0 aromatic heterocycles. The minimum atomic E-state index is -1.37. The maximum Gasteiger partial charge on any atom is 0.600 e. The van der Waals surface area contributed by atoms with Gasteiger partial charge >= 0.3 is 11.6 Å². The number of nitrogens with one attached hydrogen (secondary N) is 6. The smallest absolute Gasteiger partial charge is 0.339 e. The highest BCUT2D eigenvalue weighted by Gasteiger charge is 2.43. The zero-order valence-corrected chi connectivity index (χ0v) is 11.2. The third kappa shape index (κ3) is 3.02. The molecule has 18 nitrogen and oxygen atoms in total. The molecule has 0 aliphatic carbocycles. The fraction of sp³-hybridized carbons (Fsp3) is 0.333. The lowest BCUT2D eigenvalue weighted by Gasteiger charge is -2.39. The predicted octanol–water partition coefficient (Wildman–Crippen LogP) is -3.61. The van der Waals surface area contributed by atoms with Crippen LogP contribution in [0.25, 0.3) is 0 Å². The molecule has 0 aromatic rings. The third-order valence-electron chi connectivity index (χ3n) is 2.78. The molecule has 2 saturated heterocycles. The van der Waals surface area contributed by atoms with Gasteiger partial charge in [0.25, 0.3) is 11.6 Å². The van der Waals surface area contributed by atoms with Gasteiger partial charge in [0.1, 0.15) is 32.0 Å². The molecule has 2 unspecified atom stereocenters. The van der Waals surface area contributed by atoms with Crippen molar-refractivity contribution in [3.8, 4) is 0 Å². The van der Waals surface area contributed by atoms with E-state index in [0.29, 0.717) is 0 Å². The molecular weight excluding hydrogens is 340 g/mol. The van der Waals surface area contributed by atoms with Crippen LogP contribution in [0.4, 0.5) is 0 Å². The van der Waals surface area contributed by atoms with E-state index < -0.39 is 55.3 Å². The molecule has 18 heteroatoms. The van der Waals surface area contributed by atoms with Crippen LogP contribution >= 0.6 is 0 Å². The van der Waals surface area contributed by atoms with Gasteiger partial charge in [0.15, 0.2) is 0 Å². The molecule has 2 heterocycles. The van der Waals surface area contributed by atoms with Gasteiger partial charge in [-0.1, -0.05) is 0 Å². The van der Waals surface area contributed by atoms with Crippen LogP contribution in [0, 0.1) is 40.5 Å². The van der Waals surface area contributed by atoms with Crippen LogP contribution in [0.15, 0.2) is 23.3 Å². The molecule has 0 spiro atoms. The molecule has 2 fully saturated rings. The van der Waals surface area contributed by atoms with Gasteiger partial charge in [-0.25, -0.2) is 10.9 Å². The van der Waals surface area contributed by atoms with Crippen LogP contribution in [-0.4, -0.2) is 32.0 Å². The number of hydrogen-bond acceptors (Lipinski definition) is 14. The van der Waals surface area contributed by atoms with Crippen molar-refractivity contribution in [2.75, 3.05) is 0 Å². The van der Waals surface area contributed by atoms with Gasteiger partial charge in [0.05, 0.1) is 0 Å². The third-order valence-corrected chi connectivity index (χ3v) is 2.78. The summed E-state index contributed by atoms with van der Waals surface area (Å²) in [5.41, 5.74) is 8.99. The topological polar surface area (TPSA) is 245 Å². The highest BCUT2D eigenvalue weighted by atomic mass is 16.7. The first-order chi connectivity index (χ1) is 11.2. The summed E-state index contributed by atoms with van der Waals surface area (Å²) < 4.78 is 0. The molecule has 0 saturated carbocycles. The quantitative estimate of drug-likeness (QED) is 0.212. The summed E-state index contributed by atoms with van der Waals surface area (Å²) in [6, 6.07) is 0. The van der Waals surface area contributed by atoms with E-state index in [4.69, 9.17) is 0 Å². The Bertz CT molecular complexity index is 595. The minimum Gasteiger partial charge on any atom is -0.339 e. The average Bonchev–Trinajstić information content (AvgIpc) is 2.45. The first-order valence-electron chi connectivity index (χ1n) is 5.84. The van der Waals surface area contributed by atoms with E-state index in [1.807, 2.05) is 0 Å². The highest BCUT2D eigenvalue weighted by molar-refractivity contribution is 5.10. The normalized spacial score (nSPS) is 21.8. The Morgan fingerprint density at radius 1 is 0.667 bits per heavy atom. The summed E-state index contributed by atoms with van der Waals surface area (Å²) in [6.45, 7) is 0. The van der Waals surface area contributed by atoms with Crippen LogP contribution in [0.3, 0.4) is 0 Å². The summed E-state index contributed by atoms with van der Waals surface area (Å²) in [5, 5.41) is 47.4. The number of fused-ring (bicyclic) bond motifs is 1. The largest absolute Gasteiger partial charge is 0.600 e. The van der Waals surface area contributed by atoms with Crippen LogP contribution < -0.4 is 32.3 Å². The second-order valence-electron chi connectivity index (χ2n) is 4.21. The number of nitrogens with zero attached hydrogens (tertiary/aromatic N) is 4. The molecule has 0 radical (unpaired) electrons. The van der Waals surface area contributed by atoms with Gasteiger partial charge in [0, 0.05) is 0 Å². The fourth-order valence-electron chi connectivity index (χ4n) is 1.83. The second-order valence-corrected chi connectivity index (χ2v) is 4.21. The number of rotatable bonds is 4. The van der Waals surface area contributed by atoms with Gasteiger partial charge in [-0.3, -0.25) is 51.3 Å². The Morgan fingerprint density at radius 3 is 1.21 bits per heavy atom. The Kier molecular flexibility index (Phi) is 4.23. The Morgan fingerprint density at radius 2 is 0.958 bits per heavy atom. The molecule has 2 rings (SSSR count). The van der Waals surface area contributed by atoms with Crippen molar-refractivity contribution in [2.45, 2.75) is 12.3 Å². The molecule has 6 N–H and O–H groups in total. The van der Waals surface area contributed by atoms with Crippen molar-refractivity contribution in [3.63, 3.8) is 0 Å². The summed E-state index contributed by atoms with van der Waals surface area (Å²) in [7, 11) is 0. The lowest BCUT2D eigenvalue weighted by molar-refractivity contribution is -0.618. The lowest BCUT2D eigenvalue weighted by atomic mass is 10.3. The Labute approximate surface area is 129 Å². The number of hydrogen-bond donors (Lipinski definition) is 6. The van der Waals surface area contributed by atoms with Gasteiger partial charge in [-0.2, -0.15) is 0 Å². The molecule has 2 aliphatic rings. The molecule has 24 heavy (non-hydrogen) atoms. The van der Waals surface area contributed by atoms with Crippen LogP contribution in [-0.2, 0) is 0 Å². The SMILES string of the molecule is O=[N+]([O-])C(=C1NNC2NC(=C([N+](=O)[O-])[N+](=O)[O-])NNC2N1)[N+](=O)[O-]. The van der Waals surface area contributed by atoms with Gasteiger partial charge in [-0.15, -0.1) is 0 Å². The Hall–Kier alpha value is -3.80. The summed E-state index contributed by atoms with van der Waals surface area (Å²) in [6.07, 6.45) is -1.97. The van der Waals surface area contributed by atoms with Gasteiger partial charge < -0.3 is 10.6 Å². The van der Waals surface area contributed by atoms with Crippen LogP contribution in [0.1, 0.15) is 0 Å². The van der Waals surface area contributed by atoms with E-state index in [9.17, 15) is 40.5 Å². The summed E-state index contributed by atoms with van der Waals surface area (Å²) >= 11 is 0. The van der Waals surface area contributed by atoms with Crippen LogP contribution in [0.2, 0.25) is 0 Å². The maximum atomic E-state index is 10.7. The fourth-order valence-corrected chi connectivity index (χ4v) is 1.83. The van der Waals surface area contributed by atoms with E-state index in [-0.39, 0.29) is 0 Å².